The molecule has 0 saturated carbocycles. The van der Waals surface area contributed by atoms with E-state index in [-0.39, 0.29) is 11.8 Å². The molecule has 0 saturated heterocycles. The van der Waals surface area contributed by atoms with Crippen LogP contribution in [-0.2, 0) is 23.0 Å². The van der Waals surface area contributed by atoms with Crippen molar-refractivity contribution in [3.8, 4) is 0 Å². The molecule has 150 valence electrons. The maximum Gasteiger partial charge on any atom is 0.215 e. The van der Waals surface area contributed by atoms with E-state index in [9.17, 15) is 8.42 Å². The minimum Gasteiger partial charge on any atom is -0.378 e. The normalized spacial score (nSPS) is 15.6. The van der Waals surface area contributed by atoms with E-state index in [1.165, 1.54) is 17.2 Å². The number of sulfonamides is 1. The van der Waals surface area contributed by atoms with Gasteiger partial charge in [-0.3, -0.25) is 4.90 Å². The lowest BCUT2D eigenvalue weighted by Crippen LogP contribution is -2.41. The van der Waals surface area contributed by atoms with Gasteiger partial charge < -0.3 is 4.90 Å². The van der Waals surface area contributed by atoms with E-state index in [0.29, 0.717) is 6.54 Å². The molecule has 3 rings (SSSR count). The molecule has 1 unspecified atom stereocenters. The fourth-order valence-corrected chi connectivity index (χ4v) is 4.50. The smallest absolute Gasteiger partial charge is 0.215 e. The quantitative estimate of drug-likeness (QED) is 0.694. The number of hydrogen-bond acceptors (Lipinski definition) is 4. The molecule has 0 fully saturated rings. The highest BCUT2D eigenvalue weighted by Gasteiger charge is 2.26. The van der Waals surface area contributed by atoms with Gasteiger partial charge in [-0.05, 0) is 35.2 Å². The first-order valence-electron chi connectivity index (χ1n) is 9.56. The third-order valence-electron chi connectivity index (χ3n) is 5.23. The molecule has 6 heteroatoms. The van der Waals surface area contributed by atoms with Crippen molar-refractivity contribution in [3.05, 3.63) is 77.9 Å². The molecule has 5 nitrogen and oxygen atoms in total. The molecule has 28 heavy (non-hydrogen) atoms. The summed E-state index contributed by atoms with van der Waals surface area (Å²) in [5, 5.41) is 0. The zero-order chi connectivity index (χ0) is 20.1. The van der Waals surface area contributed by atoms with E-state index in [2.05, 4.69) is 69.6 Å². The van der Waals surface area contributed by atoms with Crippen LogP contribution in [0.3, 0.4) is 0 Å². The Kier molecular flexibility index (Phi) is 6.54. The molecule has 0 aliphatic carbocycles. The van der Waals surface area contributed by atoms with Crippen molar-refractivity contribution in [2.45, 2.75) is 19.0 Å². The van der Waals surface area contributed by atoms with Gasteiger partial charge in [0, 0.05) is 45.5 Å². The van der Waals surface area contributed by atoms with Gasteiger partial charge in [-0.25, -0.2) is 13.1 Å². The molecule has 0 aromatic heterocycles. The predicted octanol–water partition coefficient (Wildman–Crippen LogP) is 2.96. The molecule has 1 N–H and O–H groups in total. The fourth-order valence-electron chi connectivity index (χ4n) is 3.66. The Morgan fingerprint density at radius 3 is 2.46 bits per heavy atom. The second-order valence-corrected chi connectivity index (χ2v) is 9.26. The number of rotatable bonds is 8. The molecule has 1 atom stereocenters. The Bertz CT molecular complexity index is 908. The summed E-state index contributed by atoms with van der Waals surface area (Å²) in [7, 11) is 0.664. The number of hydrogen-bond donors (Lipinski definition) is 1. The summed E-state index contributed by atoms with van der Waals surface area (Å²) in [5.74, 6) is -0.0673. The number of anilines is 1. The number of nitrogens with one attached hydrogen (secondary N) is 1. The third kappa shape index (κ3) is 5.01. The molecule has 2 aromatic rings. The summed E-state index contributed by atoms with van der Waals surface area (Å²) in [5.41, 5.74) is 4.94. The van der Waals surface area contributed by atoms with Crippen molar-refractivity contribution in [2.75, 3.05) is 37.8 Å². The Balaban J connectivity index is 1.85. The number of nitrogens with zero attached hydrogens (tertiary/aromatic N) is 2. The topological polar surface area (TPSA) is 52.7 Å². The van der Waals surface area contributed by atoms with Crippen molar-refractivity contribution in [1.82, 2.24) is 9.62 Å². The fraction of sp³-hybridized carbons (Fsp3) is 0.364. The van der Waals surface area contributed by atoms with Crippen LogP contribution in [-0.4, -0.2) is 46.3 Å². The van der Waals surface area contributed by atoms with Crippen molar-refractivity contribution in [1.29, 1.82) is 0 Å². The van der Waals surface area contributed by atoms with Crippen LogP contribution in [0.25, 0.3) is 0 Å². The molecular weight excluding hydrogens is 370 g/mol. The van der Waals surface area contributed by atoms with Gasteiger partial charge in [-0.15, -0.1) is 6.58 Å². The molecule has 1 heterocycles. The van der Waals surface area contributed by atoms with E-state index in [4.69, 9.17) is 0 Å². The number of fused-ring (bicyclic) bond motifs is 1. The molecule has 0 radical (unpaired) electrons. The average Bonchev–Trinajstić information content (AvgIpc) is 2.68. The minimum absolute atomic E-state index is 0.0239. The summed E-state index contributed by atoms with van der Waals surface area (Å²) < 4.78 is 27.1. The van der Waals surface area contributed by atoms with E-state index in [1.54, 1.807) is 0 Å². The van der Waals surface area contributed by atoms with E-state index in [0.717, 1.165) is 30.8 Å². The average molecular weight is 400 g/mol. The molecule has 2 aromatic carbocycles. The van der Waals surface area contributed by atoms with Crippen LogP contribution in [0.2, 0.25) is 0 Å². The van der Waals surface area contributed by atoms with Crippen LogP contribution >= 0.6 is 0 Å². The highest BCUT2D eigenvalue weighted by atomic mass is 32.2. The van der Waals surface area contributed by atoms with E-state index < -0.39 is 10.0 Å². The van der Waals surface area contributed by atoms with Crippen molar-refractivity contribution >= 4 is 15.7 Å². The van der Waals surface area contributed by atoms with Crippen LogP contribution in [0.1, 0.15) is 22.7 Å². The molecule has 1 aliphatic rings. The van der Waals surface area contributed by atoms with Gasteiger partial charge >= 0.3 is 0 Å². The second-order valence-electron chi connectivity index (χ2n) is 7.41. The highest BCUT2D eigenvalue weighted by molar-refractivity contribution is 7.89. The van der Waals surface area contributed by atoms with Crippen molar-refractivity contribution < 1.29 is 8.42 Å². The monoisotopic (exact) mass is 399 g/mol. The SMILES string of the molecule is C=CCS(=O)(=O)NCC(c1ccc(N(C)C)cc1)N1CCc2ccccc2C1. The third-order valence-corrected chi connectivity index (χ3v) is 6.51. The zero-order valence-electron chi connectivity index (χ0n) is 16.6. The summed E-state index contributed by atoms with van der Waals surface area (Å²) in [6, 6.07) is 16.8. The molecule has 0 bridgehead atoms. The lowest BCUT2D eigenvalue weighted by Gasteiger charge is -2.36. The van der Waals surface area contributed by atoms with Gasteiger partial charge in [0.2, 0.25) is 10.0 Å². The molecule has 0 amide bonds. The van der Waals surface area contributed by atoms with Crippen molar-refractivity contribution in [3.63, 3.8) is 0 Å². The molecular formula is C22H29N3O2S. The summed E-state index contributed by atoms with van der Waals surface area (Å²) in [4.78, 5) is 4.42. The predicted molar refractivity (Wildman–Crippen MR) is 116 cm³/mol. The van der Waals surface area contributed by atoms with Crippen LogP contribution in [0.15, 0.2) is 61.2 Å². The van der Waals surface area contributed by atoms with Crippen LogP contribution < -0.4 is 9.62 Å². The Morgan fingerprint density at radius 1 is 1.14 bits per heavy atom. The van der Waals surface area contributed by atoms with E-state index in [1.807, 2.05) is 14.1 Å². The van der Waals surface area contributed by atoms with Gasteiger partial charge in [0.05, 0.1) is 5.75 Å². The van der Waals surface area contributed by atoms with Crippen LogP contribution in [0.5, 0.6) is 0 Å². The Morgan fingerprint density at radius 2 is 1.82 bits per heavy atom. The first kappa shape index (κ1) is 20.6. The highest BCUT2D eigenvalue weighted by Crippen LogP contribution is 2.28. The maximum absolute atomic E-state index is 12.2. The Hall–Kier alpha value is -2.15. The first-order chi connectivity index (χ1) is 13.4. The number of benzene rings is 2. The maximum atomic E-state index is 12.2. The summed E-state index contributed by atoms with van der Waals surface area (Å²) in [6.45, 7) is 5.61. The summed E-state index contributed by atoms with van der Waals surface area (Å²) in [6.07, 6.45) is 2.39. The lowest BCUT2D eigenvalue weighted by molar-refractivity contribution is 0.180. The van der Waals surface area contributed by atoms with Gasteiger partial charge in [0.25, 0.3) is 0 Å². The van der Waals surface area contributed by atoms with Crippen LogP contribution in [0.4, 0.5) is 5.69 Å². The standard InChI is InChI=1S/C22H29N3O2S/c1-4-15-28(26,27)23-16-22(19-9-11-21(12-10-19)24(2)3)25-14-13-18-7-5-6-8-20(18)17-25/h4-12,22-23H,1,13-17H2,2-3H3. The molecule has 1 aliphatic heterocycles. The largest absolute Gasteiger partial charge is 0.378 e. The minimum atomic E-state index is -3.36. The van der Waals surface area contributed by atoms with Gasteiger partial charge in [-0.1, -0.05) is 42.5 Å². The van der Waals surface area contributed by atoms with Gasteiger partial charge in [-0.2, -0.15) is 0 Å². The zero-order valence-corrected chi connectivity index (χ0v) is 17.5. The van der Waals surface area contributed by atoms with Crippen LogP contribution in [0, 0.1) is 0 Å². The summed E-state index contributed by atoms with van der Waals surface area (Å²) >= 11 is 0. The van der Waals surface area contributed by atoms with Crippen molar-refractivity contribution in [2.24, 2.45) is 0 Å². The van der Waals surface area contributed by atoms with Gasteiger partial charge in [0.1, 0.15) is 0 Å². The molecule has 0 spiro atoms. The van der Waals surface area contributed by atoms with E-state index >= 15 is 0 Å². The van der Waals surface area contributed by atoms with Gasteiger partial charge in [0.15, 0.2) is 0 Å². The first-order valence-corrected chi connectivity index (χ1v) is 11.2. The Labute approximate surface area is 168 Å². The second kappa shape index (κ2) is 8.90. The lowest BCUT2D eigenvalue weighted by atomic mass is 9.96.